The standard InChI is InChI=1S/C10H16N2O/c1-4-6-11-8-9(3)12(7-5-2)10(11)13/h4-5,9H,1-2,6-8H2,3H3. The Bertz CT molecular complexity index is 225. The molecular formula is C10H16N2O. The molecule has 1 aliphatic rings. The summed E-state index contributed by atoms with van der Waals surface area (Å²) in [5.74, 6) is 0. The maximum atomic E-state index is 11.7. The smallest absolute Gasteiger partial charge is 0.319 e. The van der Waals surface area contributed by atoms with Gasteiger partial charge in [-0.3, -0.25) is 0 Å². The average molecular weight is 180 g/mol. The van der Waals surface area contributed by atoms with Gasteiger partial charge in [-0.25, -0.2) is 4.79 Å². The highest BCUT2D eigenvalue weighted by Crippen LogP contribution is 2.14. The summed E-state index contributed by atoms with van der Waals surface area (Å²) < 4.78 is 0. The van der Waals surface area contributed by atoms with Crippen LogP contribution >= 0.6 is 0 Å². The summed E-state index contributed by atoms with van der Waals surface area (Å²) in [7, 11) is 0. The molecule has 0 aromatic heterocycles. The molecule has 1 saturated heterocycles. The lowest BCUT2D eigenvalue weighted by atomic mass is 10.3. The molecular weight excluding hydrogens is 164 g/mol. The predicted molar refractivity (Wildman–Crippen MR) is 53.5 cm³/mol. The molecule has 1 rings (SSSR count). The number of nitrogens with zero attached hydrogens (tertiary/aromatic N) is 2. The van der Waals surface area contributed by atoms with Gasteiger partial charge in [-0.1, -0.05) is 12.2 Å². The first-order valence-electron chi connectivity index (χ1n) is 4.48. The fraction of sp³-hybridized carbons (Fsp3) is 0.500. The minimum atomic E-state index is 0.0901. The molecule has 0 aromatic rings. The van der Waals surface area contributed by atoms with Crippen molar-refractivity contribution in [2.45, 2.75) is 13.0 Å². The van der Waals surface area contributed by atoms with E-state index in [1.807, 2.05) is 11.8 Å². The molecule has 0 N–H and O–H groups in total. The van der Waals surface area contributed by atoms with Gasteiger partial charge < -0.3 is 9.80 Å². The number of carbonyl (C=O) groups excluding carboxylic acids is 1. The van der Waals surface area contributed by atoms with Gasteiger partial charge in [-0.2, -0.15) is 0 Å². The predicted octanol–water partition coefficient (Wildman–Crippen LogP) is 1.48. The summed E-state index contributed by atoms with van der Waals surface area (Å²) in [6.07, 6.45) is 3.51. The SMILES string of the molecule is C=CCN1CC(C)N(CC=C)C1=O. The van der Waals surface area contributed by atoms with E-state index < -0.39 is 0 Å². The zero-order valence-electron chi connectivity index (χ0n) is 8.07. The molecule has 1 heterocycles. The molecule has 0 bridgehead atoms. The Kier molecular flexibility index (Phi) is 3.12. The number of amides is 2. The van der Waals surface area contributed by atoms with Crippen LogP contribution in [0.4, 0.5) is 4.79 Å². The summed E-state index contributed by atoms with van der Waals surface area (Å²) in [6, 6.07) is 0.373. The summed E-state index contributed by atoms with van der Waals surface area (Å²) >= 11 is 0. The first kappa shape index (κ1) is 9.84. The van der Waals surface area contributed by atoms with Gasteiger partial charge in [0.2, 0.25) is 0 Å². The number of hydrogen-bond donors (Lipinski definition) is 0. The lowest BCUT2D eigenvalue weighted by Gasteiger charge is -2.17. The van der Waals surface area contributed by atoms with Gasteiger partial charge >= 0.3 is 6.03 Å². The van der Waals surface area contributed by atoms with Crippen LogP contribution in [0, 0.1) is 0 Å². The van der Waals surface area contributed by atoms with Crippen molar-refractivity contribution in [3.63, 3.8) is 0 Å². The second kappa shape index (κ2) is 4.12. The van der Waals surface area contributed by atoms with Crippen LogP contribution in [0.2, 0.25) is 0 Å². The van der Waals surface area contributed by atoms with Gasteiger partial charge in [0.1, 0.15) is 0 Å². The fourth-order valence-electron chi connectivity index (χ4n) is 1.57. The topological polar surface area (TPSA) is 23.6 Å². The van der Waals surface area contributed by atoms with Crippen molar-refractivity contribution < 1.29 is 4.79 Å². The zero-order chi connectivity index (χ0) is 9.84. The highest BCUT2D eigenvalue weighted by atomic mass is 16.2. The molecule has 72 valence electrons. The number of rotatable bonds is 4. The Balaban J connectivity index is 2.62. The fourth-order valence-corrected chi connectivity index (χ4v) is 1.57. The van der Waals surface area contributed by atoms with E-state index in [2.05, 4.69) is 13.2 Å². The highest BCUT2D eigenvalue weighted by Gasteiger charge is 2.32. The number of urea groups is 1. The van der Waals surface area contributed by atoms with E-state index in [0.29, 0.717) is 13.1 Å². The van der Waals surface area contributed by atoms with Crippen LogP contribution in [0.5, 0.6) is 0 Å². The van der Waals surface area contributed by atoms with Crippen LogP contribution in [-0.4, -0.2) is 41.5 Å². The van der Waals surface area contributed by atoms with E-state index in [0.717, 1.165) is 6.54 Å². The molecule has 3 nitrogen and oxygen atoms in total. The monoisotopic (exact) mass is 180 g/mol. The van der Waals surface area contributed by atoms with Crippen LogP contribution < -0.4 is 0 Å². The third-order valence-corrected chi connectivity index (χ3v) is 2.21. The zero-order valence-corrected chi connectivity index (χ0v) is 8.07. The van der Waals surface area contributed by atoms with Crippen molar-refractivity contribution in [2.75, 3.05) is 19.6 Å². The largest absolute Gasteiger partial charge is 0.320 e. The van der Waals surface area contributed by atoms with E-state index in [1.165, 1.54) is 0 Å². The van der Waals surface area contributed by atoms with Crippen molar-refractivity contribution in [2.24, 2.45) is 0 Å². The lowest BCUT2D eigenvalue weighted by molar-refractivity contribution is 0.195. The highest BCUT2D eigenvalue weighted by molar-refractivity contribution is 5.77. The number of carbonyl (C=O) groups is 1. The second-order valence-electron chi connectivity index (χ2n) is 3.27. The Morgan fingerprint density at radius 2 is 2.08 bits per heavy atom. The molecule has 1 fully saturated rings. The molecule has 1 unspecified atom stereocenters. The van der Waals surface area contributed by atoms with Gasteiger partial charge in [0.15, 0.2) is 0 Å². The molecule has 0 aliphatic carbocycles. The normalized spacial score (nSPS) is 22.2. The first-order valence-corrected chi connectivity index (χ1v) is 4.48. The summed E-state index contributed by atoms with van der Waals surface area (Å²) in [6.45, 7) is 11.4. The van der Waals surface area contributed by atoms with Crippen molar-refractivity contribution in [1.82, 2.24) is 9.80 Å². The number of hydrogen-bond acceptors (Lipinski definition) is 1. The van der Waals surface area contributed by atoms with Crippen molar-refractivity contribution in [1.29, 1.82) is 0 Å². The molecule has 0 saturated carbocycles. The van der Waals surface area contributed by atoms with Crippen LogP contribution in [0.3, 0.4) is 0 Å². The van der Waals surface area contributed by atoms with Crippen molar-refractivity contribution >= 4 is 6.03 Å². The molecule has 0 spiro atoms. The van der Waals surface area contributed by atoms with E-state index in [4.69, 9.17) is 0 Å². The van der Waals surface area contributed by atoms with Gasteiger partial charge in [-0.05, 0) is 6.92 Å². The maximum absolute atomic E-state index is 11.7. The van der Waals surface area contributed by atoms with E-state index in [-0.39, 0.29) is 12.1 Å². The van der Waals surface area contributed by atoms with Gasteiger partial charge in [0.05, 0.1) is 0 Å². The molecule has 13 heavy (non-hydrogen) atoms. The molecule has 0 radical (unpaired) electrons. The Hall–Kier alpha value is -1.25. The van der Waals surface area contributed by atoms with E-state index in [9.17, 15) is 4.79 Å². The summed E-state index contributed by atoms with van der Waals surface area (Å²) in [5.41, 5.74) is 0. The van der Waals surface area contributed by atoms with Crippen LogP contribution in [0.15, 0.2) is 25.3 Å². The van der Waals surface area contributed by atoms with Crippen LogP contribution in [0.1, 0.15) is 6.92 Å². The van der Waals surface area contributed by atoms with E-state index >= 15 is 0 Å². The van der Waals surface area contributed by atoms with Crippen LogP contribution in [0.25, 0.3) is 0 Å². The Labute approximate surface area is 79.3 Å². The van der Waals surface area contributed by atoms with E-state index in [1.54, 1.807) is 17.1 Å². The third-order valence-electron chi connectivity index (χ3n) is 2.21. The second-order valence-corrected chi connectivity index (χ2v) is 3.27. The third kappa shape index (κ3) is 1.91. The minimum Gasteiger partial charge on any atom is -0.319 e. The Morgan fingerprint density at radius 3 is 2.62 bits per heavy atom. The summed E-state index contributed by atoms with van der Waals surface area (Å²) in [5, 5.41) is 0. The van der Waals surface area contributed by atoms with Gasteiger partial charge in [0, 0.05) is 25.7 Å². The minimum absolute atomic E-state index is 0.0901. The maximum Gasteiger partial charge on any atom is 0.320 e. The van der Waals surface area contributed by atoms with Crippen molar-refractivity contribution in [3.05, 3.63) is 25.3 Å². The Morgan fingerprint density at radius 1 is 1.46 bits per heavy atom. The van der Waals surface area contributed by atoms with Crippen molar-refractivity contribution in [3.8, 4) is 0 Å². The molecule has 1 aliphatic heterocycles. The quantitative estimate of drug-likeness (QED) is 0.601. The molecule has 2 amide bonds. The van der Waals surface area contributed by atoms with Gasteiger partial charge in [-0.15, -0.1) is 13.2 Å². The molecule has 0 aromatic carbocycles. The summed E-state index contributed by atoms with van der Waals surface area (Å²) in [4.78, 5) is 15.3. The van der Waals surface area contributed by atoms with Gasteiger partial charge in [0.25, 0.3) is 0 Å². The average Bonchev–Trinajstić information content (AvgIpc) is 2.34. The molecule has 3 heteroatoms. The molecule has 1 atom stereocenters. The first-order chi connectivity index (χ1) is 6.20. The lowest BCUT2D eigenvalue weighted by Crippen LogP contribution is -2.33. The van der Waals surface area contributed by atoms with Crippen LogP contribution in [-0.2, 0) is 0 Å².